The summed E-state index contributed by atoms with van der Waals surface area (Å²) < 4.78 is 4.37. The number of hydrogen-bond acceptors (Lipinski definition) is 9. The van der Waals surface area contributed by atoms with Gasteiger partial charge in [-0.2, -0.15) is 0 Å². The zero-order valence-electron chi connectivity index (χ0n) is 11.9. The molecule has 0 bridgehead atoms. The van der Waals surface area contributed by atoms with Gasteiger partial charge in [0.15, 0.2) is 11.3 Å². The maximum absolute atomic E-state index is 12.0. The Balaban J connectivity index is 2.33. The fourth-order valence-corrected chi connectivity index (χ4v) is 1.79. The lowest BCUT2D eigenvalue weighted by atomic mass is 10.1. The number of aromatic carboxylic acids is 1. The van der Waals surface area contributed by atoms with Gasteiger partial charge < -0.3 is 20.0 Å². The van der Waals surface area contributed by atoms with Crippen LogP contribution in [-0.4, -0.2) is 43.1 Å². The first-order valence-electron chi connectivity index (χ1n) is 6.19. The Labute approximate surface area is 136 Å². The van der Waals surface area contributed by atoms with Crippen LogP contribution in [0.1, 0.15) is 31.2 Å². The quantitative estimate of drug-likeness (QED) is 0.338. The van der Waals surface area contributed by atoms with Gasteiger partial charge in [0.1, 0.15) is 0 Å². The number of carboxylic acids is 1. The Morgan fingerprint density at radius 2 is 1.80 bits per heavy atom. The highest BCUT2D eigenvalue weighted by molar-refractivity contribution is 6.09. The summed E-state index contributed by atoms with van der Waals surface area (Å²) in [5, 5.41) is 35.6. The number of H-pyrrole nitrogens is 1. The number of carbonyl (C=O) groups excluding carboxylic acids is 2. The summed E-state index contributed by atoms with van der Waals surface area (Å²) in [5.74, 6) is -5.31. The van der Waals surface area contributed by atoms with Crippen molar-refractivity contribution in [1.29, 1.82) is 0 Å². The number of nitrogens with one attached hydrogen (secondary N) is 1. The van der Waals surface area contributed by atoms with Crippen LogP contribution in [0.3, 0.4) is 0 Å². The van der Waals surface area contributed by atoms with Gasteiger partial charge in [0.25, 0.3) is 5.69 Å². The first-order chi connectivity index (χ1) is 11.7. The van der Waals surface area contributed by atoms with Crippen LogP contribution in [0.25, 0.3) is 0 Å². The Morgan fingerprint density at radius 1 is 1.12 bits per heavy atom. The summed E-state index contributed by atoms with van der Waals surface area (Å²) >= 11 is 0. The average Bonchev–Trinajstić information content (AvgIpc) is 3.04. The maximum atomic E-state index is 12.0. The highest BCUT2D eigenvalue weighted by atomic mass is 16.6. The first kappa shape index (κ1) is 17.2. The maximum Gasteiger partial charge on any atom is 0.369 e. The third-order valence-corrected chi connectivity index (χ3v) is 2.83. The molecule has 13 heteroatoms. The van der Waals surface area contributed by atoms with Crippen molar-refractivity contribution in [3.63, 3.8) is 0 Å². The summed E-state index contributed by atoms with van der Waals surface area (Å²) in [6.45, 7) is 0. The molecular weight excluding hydrogens is 344 g/mol. The van der Waals surface area contributed by atoms with E-state index in [0.29, 0.717) is 6.07 Å². The minimum absolute atomic E-state index is 0.609. The number of nitrogens with zero attached hydrogens (tertiary/aromatic N) is 3. The summed E-state index contributed by atoms with van der Waals surface area (Å²) in [6, 6.07) is 3.50. The molecule has 0 saturated carbocycles. The van der Waals surface area contributed by atoms with Crippen LogP contribution in [0.5, 0.6) is 0 Å². The van der Waals surface area contributed by atoms with Gasteiger partial charge in [0.05, 0.1) is 16.6 Å². The smallest absolute Gasteiger partial charge is 0.369 e. The lowest BCUT2D eigenvalue weighted by Gasteiger charge is -2.05. The van der Waals surface area contributed by atoms with Gasteiger partial charge >= 0.3 is 23.7 Å². The number of nitro benzene ring substituents is 1. The first-order valence-corrected chi connectivity index (χ1v) is 6.19. The van der Waals surface area contributed by atoms with Crippen LogP contribution in [0.4, 0.5) is 11.5 Å². The van der Waals surface area contributed by atoms with Crippen molar-refractivity contribution in [2.24, 2.45) is 0 Å². The lowest BCUT2D eigenvalue weighted by Crippen LogP contribution is -2.17. The molecule has 0 aliphatic heterocycles. The standard InChI is InChI=1S/C12H6N4O9/c17-10(18)9-5(2-1-3-7(9)15(21)22)11(19)25-12(20)6-4-8(14-13-6)16(23)24/h1-4H,(H,13,14)(H,17,18). The molecule has 13 nitrogen and oxygen atoms in total. The fraction of sp³-hybridized carbons (Fsp3) is 0. The number of esters is 2. The Kier molecular flexibility index (Phi) is 4.49. The van der Waals surface area contributed by atoms with Crippen LogP contribution in [0.15, 0.2) is 24.3 Å². The molecule has 0 radical (unpaired) electrons. The van der Waals surface area contributed by atoms with E-state index in [1.807, 2.05) is 5.10 Å². The van der Waals surface area contributed by atoms with Gasteiger partial charge in [-0.3, -0.25) is 10.1 Å². The van der Waals surface area contributed by atoms with E-state index in [-0.39, 0.29) is 0 Å². The number of carboxylic acid groups (broad SMARTS) is 1. The predicted octanol–water partition coefficient (Wildman–Crippen LogP) is 0.921. The zero-order chi connectivity index (χ0) is 18.7. The summed E-state index contributed by atoms with van der Waals surface area (Å²) in [4.78, 5) is 54.3. The molecule has 128 valence electrons. The van der Waals surface area contributed by atoms with E-state index >= 15 is 0 Å². The van der Waals surface area contributed by atoms with Gasteiger partial charge in [-0.25, -0.2) is 14.4 Å². The zero-order valence-corrected chi connectivity index (χ0v) is 11.9. The second-order valence-corrected chi connectivity index (χ2v) is 4.33. The second kappa shape index (κ2) is 6.53. The SMILES string of the molecule is O=C(OC(=O)c1cccc([N+](=O)[O-])c1C(=O)O)c1cc([N+](=O)[O-])[nH]n1. The van der Waals surface area contributed by atoms with Crippen LogP contribution in [0, 0.1) is 20.2 Å². The van der Waals surface area contributed by atoms with Crippen molar-refractivity contribution >= 4 is 29.4 Å². The molecule has 2 rings (SSSR count). The molecule has 0 amide bonds. The molecule has 0 unspecified atom stereocenters. The molecule has 1 heterocycles. The number of aromatic amines is 1. The van der Waals surface area contributed by atoms with Gasteiger partial charge in [-0.1, -0.05) is 11.2 Å². The Hall–Kier alpha value is -4.16. The number of hydrogen-bond donors (Lipinski definition) is 2. The van der Waals surface area contributed by atoms with Crippen molar-refractivity contribution in [3.8, 4) is 0 Å². The highest BCUT2D eigenvalue weighted by Crippen LogP contribution is 2.23. The van der Waals surface area contributed by atoms with Crippen LogP contribution in [0.2, 0.25) is 0 Å². The van der Waals surface area contributed by atoms with Crippen LogP contribution < -0.4 is 0 Å². The number of ether oxygens (including phenoxy) is 1. The Morgan fingerprint density at radius 3 is 2.32 bits per heavy atom. The summed E-state index contributed by atoms with van der Waals surface area (Å²) in [7, 11) is 0. The summed E-state index contributed by atoms with van der Waals surface area (Å²) in [6.07, 6.45) is 0. The van der Waals surface area contributed by atoms with Crippen LogP contribution >= 0.6 is 0 Å². The molecule has 0 saturated heterocycles. The van der Waals surface area contributed by atoms with Crippen molar-refractivity contribution in [1.82, 2.24) is 10.2 Å². The average molecular weight is 350 g/mol. The fourth-order valence-electron chi connectivity index (χ4n) is 1.79. The number of rotatable bonds is 5. The Bertz CT molecular complexity index is 917. The molecule has 0 spiro atoms. The van der Waals surface area contributed by atoms with E-state index in [1.165, 1.54) is 0 Å². The van der Waals surface area contributed by atoms with E-state index in [0.717, 1.165) is 18.2 Å². The van der Waals surface area contributed by atoms with E-state index in [4.69, 9.17) is 5.11 Å². The monoisotopic (exact) mass is 350 g/mol. The normalized spacial score (nSPS) is 10.1. The topological polar surface area (TPSA) is 196 Å². The molecular formula is C12H6N4O9. The molecule has 0 fully saturated rings. The van der Waals surface area contributed by atoms with Crippen molar-refractivity contribution in [2.75, 3.05) is 0 Å². The lowest BCUT2D eigenvalue weighted by molar-refractivity contribution is -0.389. The van der Waals surface area contributed by atoms with E-state index in [2.05, 4.69) is 9.84 Å². The minimum atomic E-state index is -1.78. The van der Waals surface area contributed by atoms with E-state index < -0.39 is 56.1 Å². The van der Waals surface area contributed by atoms with Crippen molar-refractivity contribution in [3.05, 3.63) is 61.3 Å². The van der Waals surface area contributed by atoms with Crippen molar-refractivity contribution < 1.29 is 34.1 Å². The molecule has 1 aromatic heterocycles. The van der Waals surface area contributed by atoms with Gasteiger partial charge in [0, 0.05) is 6.07 Å². The van der Waals surface area contributed by atoms with Gasteiger partial charge in [-0.15, -0.1) is 5.10 Å². The molecule has 25 heavy (non-hydrogen) atoms. The third-order valence-electron chi connectivity index (χ3n) is 2.83. The highest BCUT2D eigenvalue weighted by Gasteiger charge is 2.30. The molecule has 0 atom stereocenters. The van der Waals surface area contributed by atoms with Crippen LogP contribution in [-0.2, 0) is 4.74 Å². The minimum Gasteiger partial charge on any atom is -0.477 e. The third kappa shape index (κ3) is 3.44. The van der Waals surface area contributed by atoms with E-state index in [1.54, 1.807) is 0 Å². The molecule has 2 N–H and O–H groups in total. The largest absolute Gasteiger partial charge is 0.477 e. The second-order valence-electron chi connectivity index (χ2n) is 4.33. The number of benzene rings is 1. The molecule has 0 aliphatic carbocycles. The van der Waals surface area contributed by atoms with Gasteiger partial charge in [0.2, 0.25) is 0 Å². The number of aromatic nitrogens is 2. The number of carbonyl (C=O) groups is 3. The summed E-state index contributed by atoms with van der Waals surface area (Å²) in [5.41, 5.74) is -3.18. The van der Waals surface area contributed by atoms with Crippen molar-refractivity contribution in [2.45, 2.75) is 0 Å². The molecule has 1 aromatic carbocycles. The van der Waals surface area contributed by atoms with E-state index in [9.17, 15) is 34.6 Å². The number of nitro groups is 2. The molecule has 0 aliphatic rings. The predicted molar refractivity (Wildman–Crippen MR) is 75.0 cm³/mol. The van der Waals surface area contributed by atoms with Gasteiger partial charge in [-0.05, 0) is 11.0 Å². The molecule has 2 aromatic rings.